The summed E-state index contributed by atoms with van der Waals surface area (Å²) in [7, 11) is 0. The lowest BCUT2D eigenvalue weighted by Gasteiger charge is -2.35. The molecule has 1 aromatic carbocycles. The van der Waals surface area contributed by atoms with E-state index in [-0.39, 0.29) is 5.91 Å². The highest BCUT2D eigenvalue weighted by Crippen LogP contribution is 2.24. The Bertz CT molecular complexity index is 683. The average molecular weight is 341 g/mol. The third kappa shape index (κ3) is 4.28. The lowest BCUT2D eigenvalue weighted by atomic mass is 10.0. The van der Waals surface area contributed by atoms with Crippen LogP contribution in [0.3, 0.4) is 0 Å². The maximum atomic E-state index is 12.8. The van der Waals surface area contributed by atoms with Crippen LogP contribution < -0.4 is 0 Å². The number of carbonyl (C=O) groups is 1. The molecule has 1 aliphatic heterocycles. The summed E-state index contributed by atoms with van der Waals surface area (Å²) in [4.78, 5) is 19.1. The minimum absolute atomic E-state index is 0.0822. The van der Waals surface area contributed by atoms with Gasteiger partial charge in [0, 0.05) is 31.9 Å². The topological polar surface area (TPSA) is 47.4 Å². The smallest absolute Gasteiger partial charge is 0.251 e. The van der Waals surface area contributed by atoms with Crippen LogP contribution in [-0.4, -0.2) is 39.6 Å². The number of amides is 1. The third-order valence-electron chi connectivity index (χ3n) is 4.86. The minimum Gasteiger partial charge on any atom is -0.364 e. The summed E-state index contributed by atoms with van der Waals surface area (Å²) in [5.41, 5.74) is 1.09. The van der Waals surface area contributed by atoms with Gasteiger partial charge in [-0.2, -0.15) is 0 Å². The largest absolute Gasteiger partial charge is 0.364 e. The summed E-state index contributed by atoms with van der Waals surface area (Å²) in [5, 5.41) is 0. The van der Waals surface area contributed by atoms with Crippen LogP contribution in [0.5, 0.6) is 0 Å². The summed E-state index contributed by atoms with van der Waals surface area (Å²) in [5.74, 6) is 1.17. The zero-order chi connectivity index (χ0) is 17.6. The van der Waals surface area contributed by atoms with Gasteiger partial charge < -0.3 is 14.2 Å². The molecule has 1 fully saturated rings. The van der Waals surface area contributed by atoms with Crippen LogP contribution in [0.4, 0.5) is 0 Å². The number of aromatic nitrogens is 2. The van der Waals surface area contributed by atoms with Crippen molar-refractivity contribution in [2.75, 3.05) is 13.1 Å². The van der Waals surface area contributed by atoms with E-state index in [0.717, 1.165) is 43.7 Å². The molecule has 2 heterocycles. The van der Waals surface area contributed by atoms with Gasteiger partial charge in [0.15, 0.2) is 0 Å². The normalized spacial score (nSPS) is 19.0. The van der Waals surface area contributed by atoms with Gasteiger partial charge in [-0.1, -0.05) is 37.3 Å². The number of carbonyl (C=O) groups excluding carboxylic acids is 1. The van der Waals surface area contributed by atoms with Crippen LogP contribution in [-0.2, 0) is 22.6 Å². The quantitative estimate of drug-likeness (QED) is 0.810. The highest BCUT2D eigenvalue weighted by molar-refractivity contribution is 5.80. The fourth-order valence-electron chi connectivity index (χ4n) is 3.46. The Morgan fingerprint density at radius 1 is 1.36 bits per heavy atom. The first-order valence-corrected chi connectivity index (χ1v) is 9.15. The summed E-state index contributed by atoms with van der Waals surface area (Å²) >= 11 is 0. The second-order valence-electron chi connectivity index (χ2n) is 6.62. The van der Waals surface area contributed by atoms with E-state index < -0.39 is 6.10 Å². The molecule has 1 amide bonds. The van der Waals surface area contributed by atoms with E-state index in [9.17, 15) is 4.79 Å². The molecule has 0 unspecified atom stereocenters. The van der Waals surface area contributed by atoms with Crippen molar-refractivity contribution in [3.05, 3.63) is 54.1 Å². The molecule has 2 atom stereocenters. The Kier molecular flexibility index (Phi) is 5.87. The number of nitrogens with zero attached hydrogens (tertiary/aromatic N) is 3. The molecule has 5 nitrogen and oxygen atoms in total. The molecular weight excluding hydrogens is 314 g/mol. The van der Waals surface area contributed by atoms with Gasteiger partial charge in [-0.3, -0.25) is 4.79 Å². The maximum Gasteiger partial charge on any atom is 0.251 e. The number of aryl methyl sites for hydroxylation is 1. The van der Waals surface area contributed by atoms with Gasteiger partial charge in [0.05, 0.1) is 12.6 Å². The molecule has 1 saturated heterocycles. The molecule has 0 N–H and O–H groups in total. The van der Waals surface area contributed by atoms with Crippen molar-refractivity contribution in [1.29, 1.82) is 0 Å². The predicted molar refractivity (Wildman–Crippen MR) is 97.1 cm³/mol. The summed E-state index contributed by atoms with van der Waals surface area (Å²) in [6.45, 7) is 5.98. The molecule has 2 aromatic rings. The summed E-state index contributed by atoms with van der Waals surface area (Å²) in [6, 6.07) is 10.3. The maximum absolute atomic E-state index is 12.8. The molecule has 0 aliphatic carbocycles. The minimum atomic E-state index is -0.424. The number of ether oxygens (including phenoxy) is 1. The average Bonchev–Trinajstić information content (AvgIpc) is 3.15. The van der Waals surface area contributed by atoms with Crippen LogP contribution in [0.2, 0.25) is 0 Å². The molecule has 1 aliphatic rings. The fourth-order valence-corrected chi connectivity index (χ4v) is 3.46. The first kappa shape index (κ1) is 17.7. The van der Waals surface area contributed by atoms with E-state index in [4.69, 9.17) is 4.74 Å². The summed E-state index contributed by atoms with van der Waals surface area (Å²) < 4.78 is 8.03. The second-order valence-corrected chi connectivity index (χ2v) is 6.62. The van der Waals surface area contributed by atoms with E-state index in [0.29, 0.717) is 12.6 Å². The molecule has 5 heteroatoms. The number of hydrogen-bond donors (Lipinski definition) is 0. The number of piperidine rings is 1. The van der Waals surface area contributed by atoms with Crippen LogP contribution in [0.25, 0.3) is 0 Å². The Morgan fingerprint density at radius 2 is 2.16 bits per heavy atom. The zero-order valence-electron chi connectivity index (χ0n) is 15.1. The highest BCUT2D eigenvalue weighted by Gasteiger charge is 2.28. The number of imidazole rings is 1. The van der Waals surface area contributed by atoms with Crippen molar-refractivity contribution in [2.45, 2.75) is 51.9 Å². The van der Waals surface area contributed by atoms with Gasteiger partial charge in [-0.25, -0.2) is 4.98 Å². The van der Waals surface area contributed by atoms with Crippen LogP contribution in [0, 0.1) is 0 Å². The lowest BCUT2D eigenvalue weighted by molar-refractivity contribution is -0.145. The Labute approximate surface area is 149 Å². The van der Waals surface area contributed by atoms with Crippen molar-refractivity contribution in [1.82, 2.24) is 14.5 Å². The number of rotatable bonds is 6. The third-order valence-corrected chi connectivity index (χ3v) is 4.86. The molecular formula is C20H27N3O2. The van der Waals surface area contributed by atoms with Gasteiger partial charge in [0.25, 0.3) is 5.91 Å². The first-order chi connectivity index (χ1) is 12.2. The molecule has 0 saturated carbocycles. The number of benzene rings is 1. The van der Waals surface area contributed by atoms with E-state index in [1.807, 2.05) is 54.5 Å². The second kappa shape index (κ2) is 8.30. The predicted octanol–water partition coefficient (Wildman–Crippen LogP) is 3.21. The molecule has 0 bridgehead atoms. The highest BCUT2D eigenvalue weighted by atomic mass is 16.5. The molecule has 3 rings (SSSR count). The number of hydrogen-bond acceptors (Lipinski definition) is 3. The van der Waals surface area contributed by atoms with Crippen LogP contribution >= 0.6 is 0 Å². The zero-order valence-corrected chi connectivity index (χ0v) is 15.1. The molecule has 25 heavy (non-hydrogen) atoms. The molecule has 134 valence electrons. The summed E-state index contributed by atoms with van der Waals surface area (Å²) in [6.07, 6.45) is 6.48. The SMILES string of the molecule is CCc1nccn1[C@H]1CCCN(C(=O)[C@@H](C)OCc2ccccc2)C1. The van der Waals surface area contributed by atoms with Gasteiger partial charge in [-0.05, 0) is 25.3 Å². The number of likely N-dealkylation sites (tertiary alicyclic amines) is 1. The van der Waals surface area contributed by atoms with Crippen molar-refractivity contribution >= 4 is 5.91 Å². The standard InChI is InChI=1S/C20H27N3O2/c1-3-19-21-11-13-23(19)18-10-7-12-22(14-18)20(24)16(2)25-15-17-8-5-4-6-9-17/h4-6,8-9,11,13,16,18H,3,7,10,12,14-15H2,1-2H3/t16-,18+/m1/s1. The van der Waals surface area contributed by atoms with Crippen molar-refractivity contribution in [3.63, 3.8) is 0 Å². The van der Waals surface area contributed by atoms with Crippen LogP contribution in [0.1, 0.15) is 44.1 Å². The van der Waals surface area contributed by atoms with Gasteiger partial charge in [0.2, 0.25) is 0 Å². The van der Waals surface area contributed by atoms with Crippen molar-refractivity contribution in [3.8, 4) is 0 Å². The molecule has 0 spiro atoms. The first-order valence-electron chi connectivity index (χ1n) is 9.15. The van der Waals surface area contributed by atoms with E-state index in [1.165, 1.54) is 0 Å². The molecule has 0 radical (unpaired) electrons. The molecule has 1 aromatic heterocycles. The Morgan fingerprint density at radius 3 is 2.92 bits per heavy atom. The van der Waals surface area contributed by atoms with E-state index >= 15 is 0 Å². The lowest BCUT2D eigenvalue weighted by Crippen LogP contribution is -2.45. The Hall–Kier alpha value is -2.14. The fraction of sp³-hybridized carbons (Fsp3) is 0.500. The van der Waals surface area contributed by atoms with Crippen LogP contribution in [0.15, 0.2) is 42.7 Å². The van der Waals surface area contributed by atoms with Crippen molar-refractivity contribution in [2.24, 2.45) is 0 Å². The van der Waals surface area contributed by atoms with Gasteiger partial charge in [0.1, 0.15) is 11.9 Å². The van der Waals surface area contributed by atoms with E-state index in [1.54, 1.807) is 0 Å². The van der Waals surface area contributed by atoms with Gasteiger partial charge >= 0.3 is 0 Å². The van der Waals surface area contributed by atoms with Crippen molar-refractivity contribution < 1.29 is 9.53 Å². The monoisotopic (exact) mass is 341 g/mol. The van der Waals surface area contributed by atoms with E-state index in [2.05, 4.69) is 16.5 Å². The Balaban J connectivity index is 1.57. The van der Waals surface area contributed by atoms with Gasteiger partial charge in [-0.15, -0.1) is 0 Å².